The number of benzene rings is 3. The third-order valence-corrected chi connectivity index (χ3v) is 6.73. The molecule has 0 N–H and O–H groups in total. The van der Waals surface area contributed by atoms with Gasteiger partial charge in [0.2, 0.25) is 0 Å². The molecule has 3 aromatic carbocycles. The normalized spacial score (nSPS) is 13.7. The van der Waals surface area contributed by atoms with Gasteiger partial charge in [0, 0.05) is 10.5 Å². The molecule has 0 aliphatic carbocycles. The summed E-state index contributed by atoms with van der Waals surface area (Å²) in [5.41, 5.74) is 0.774. The number of ether oxygens (including phenoxy) is 1. The fourth-order valence-corrected chi connectivity index (χ4v) is 5.15. The molecule has 0 fully saturated rings. The number of rotatable bonds is 6. The van der Waals surface area contributed by atoms with E-state index in [4.69, 9.17) is 4.74 Å². The van der Waals surface area contributed by atoms with Crippen LogP contribution in [0.5, 0.6) is 0 Å². The zero-order valence-electron chi connectivity index (χ0n) is 15.9. The van der Waals surface area contributed by atoms with Crippen LogP contribution < -0.4 is 0 Å². The molecule has 0 saturated carbocycles. The standard InChI is InChI=1S/C23H21NO4S/c1-2-28-23(26)21(18-12-6-3-7-13-18)29(27,20-16-10-5-11-17-20)24-22(25)19-14-8-4-9-15-19/h3-17,21H,2H2,1H3. The first-order valence-electron chi connectivity index (χ1n) is 9.18. The van der Waals surface area contributed by atoms with Crippen molar-refractivity contribution in [2.24, 2.45) is 4.36 Å². The number of hydrogen-bond acceptors (Lipinski definition) is 4. The highest BCUT2D eigenvalue weighted by atomic mass is 32.2. The van der Waals surface area contributed by atoms with Crippen LogP contribution in [0.3, 0.4) is 0 Å². The Morgan fingerprint density at radius 3 is 1.93 bits per heavy atom. The van der Waals surface area contributed by atoms with Crippen LogP contribution in [0.25, 0.3) is 0 Å². The zero-order chi connectivity index (χ0) is 20.7. The van der Waals surface area contributed by atoms with Crippen LogP contribution in [-0.2, 0) is 19.3 Å². The summed E-state index contributed by atoms with van der Waals surface area (Å²) in [6.45, 7) is 1.80. The van der Waals surface area contributed by atoms with Gasteiger partial charge in [0.05, 0.1) is 6.61 Å². The van der Waals surface area contributed by atoms with Crippen molar-refractivity contribution in [3.63, 3.8) is 0 Å². The predicted octanol–water partition coefficient (Wildman–Crippen LogP) is 4.66. The molecule has 0 radical (unpaired) electrons. The molecule has 148 valence electrons. The van der Waals surface area contributed by atoms with Gasteiger partial charge in [0.15, 0.2) is 5.25 Å². The Labute approximate surface area is 170 Å². The van der Waals surface area contributed by atoms with Crippen molar-refractivity contribution in [1.29, 1.82) is 0 Å². The lowest BCUT2D eigenvalue weighted by atomic mass is 10.1. The molecule has 2 unspecified atom stereocenters. The molecule has 6 heteroatoms. The summed E-state index contributed by atoms with van der Waals surface area (Å²) in [4.78, 5) is 26.1. The highest BCUT2D eigenvalue weighted by Gasteiger charge is 2.36. The molecule has 0 aliphatic heterocycles. The lowest BCUT2D eigenvalue weighted by molar-refractivity contribution is -0.142. The SMILES string of the molecule is CCOC(=O)C(c1ccccc1)S(=O)(=NC(=O)c1ccccc1)c1ccccc1. The maximum absolute atomic E-state index is 14.3. The van der Waals surface area contributed by atoms with Gasteiger partial charge >= 0.3 is 5.97 Å². The highest BCUT2D eigenvalue weighted by molar-refractivity contribution is 7.95. The van der Waals surface area contributed by atoms with Crippen molar-refractivity contribution in [2.45, 2.75) is 17.1 Å². The minimum absolute atomic E-state index is 0.124. The topological polar surface area (TPSA) is 72.8 Å². The molecule has 3 aromatic rings. The van der Waals surface area contributed by atoms with Crippen molar-refractivity contribution in [1.82, 2.24) is 0 Å². The second-order valence-electron chi connectivity index (χ2n) is 6.19. The van der Waals surface area contributed by atoms with Gasteiger partial charge in [0.1, 0.15) is 9.73 Å². The number of amides is 1. The van der Waals surface area contributed by atoms with E-state index in [0.717, 1.165) is 0 Å². The molecule has 3 rings (SSSR count). The largest absolute Gasteiger partial charge is 0.465 e. The van der Waals surface area contributed by atoms with Gasteiger partial charge in [-0.3, -0.25) is 9.59 Å². The minimum atomic E-state index is -3.53. The fraction of sp³-hybridized carbons (Fsp3) is 0.130. The van der Waals surface area contributed by atoms with Gasteiger partial charge in [-0.2, -0.15) is 4.36 Å². The van der Waals surface area contributed by atoms with Gasteiger partial charge in [0.25, 0.3) is 5.91 Å². The predicted molar refractivity (Wildman–Crippen MR) is 112 cm³/mol. The Hall–Kier alpha value is -3.25. The number of carbonyl (C=O) groups is 2. The minimum Gasteiger partial charge on any atom is -0.465 e. The first kappa shape index (κ1) is 20.5. The molecule has 0 bridgehead atoms. The Morgan fingerprint density at radius 2 is 1.38 bits per heavy atom. The van der Waals surface area contributed by atoms with Crippen molar-refractivity contribution in [3.8, 4) is 0 Å². The smallest absolute Gasteiger partial charge is 0.327 e. The van der Waals surface area contributed by atoms with Crippen molar-refractivity contribution >= 4 is 21.6 Å². The molecule has 0 aliphatic rings. The number of nitrogens with zero attached hydrogens (tertiary/aromatic N) is 1. The molecule has 0 spiro atoms. The number of esters is 1. The van der Waals surface area contributed by atoms with Crippen LogP contribution in [0, 0.1) is 0 Å². The van der Waals surface area contributed by atoms with Gasteiger partial charge < -0.3 is 4.74 Å². The van der Waals surface area contributed by atoms with Crippen LogP contribution in [0.2, 0.25) is 0 Å². The van der Waals surface area contributed by atoms with Crippen molar-refractivity contribution in [3.05, 3.63) is 102 Å². The number of carbonyl (C=O) groups excluding carboxylic acids is 2. The van der Waals surface area contributed by atoms with E-state index in [1.54, 1.807) is 97.9 Å². The van der Waals surface area contributed by atoms with Gasteiger partial charge in [-0.1, -0.05) is 66.7 Å². The van der Waals surface area contributed by atoms with E-state index in [1.807, 2.05) is 0 Å². The lowest BCUT2D eigenvalue weighted by Crippen LogP contribution is -2.25. The number of hydrogen-bond donors (Lipinski definition) is 0. The quantitative estimate of drug-likeness (QED) is 0.557. The molecule has 0 saturated heterocycles. The van der Waals surface area contributed by atoms with Crippen LogP contribution in [0.15, 0.2) is 100 Å². The van der Waals surface area contributed by atoms with E-state index < -0.39 is 26.9 Å². The Bertz CT molecular complexity index is 1090. The van der Waals surface area contributed by atoms with Crippen LogP contribution in [0.4, 0.5) is 0 Å². The van der Waals surface area contributed by atoms with Crippen molar-refractivity contribution < 1.29 is 18.5 Å². The molecule has 2 atom stereocenters. The van der Waals surface area contributed by atoms with Crippen LogP contribution in [-0.4, -0.2) is 22.7 Å². The Balaban J connectivity index is 2.25. The third kappa shape index (κ3) is 4.60. The first-order valence-corrected chi connectivity index (χ1v) is 10.8. The molecular weight excluding hydrogens is 386 g/mol. The van der Waals surface area contributed by atoms with E-state index in [1.165, 1.54) is 0 Å². The summed E-state index contributed by atoms with van der Waals surface area (Å²) >= 11 is 0. The fourth-order valence-electron chi connectivity index (χ4n) is 2.91. The second-order valence-corrected chi connectivity index (χ2v) is 8.45. The van der Waals surface area contributed by atoms with E-state index in [2.05, 4.69) is 4.36 Å². The Morgan fingerprint density at radius 1 is 0.862 bits per heavy atom. The average Bonchev–Trinajstić information content (AvgIpc) is 2.76. The van der Waals surface area contributed by atoms with E-state index in [9.17, 15) is 13.8 Å². The third-order valence-electron chi connectivity index (χ3n) is 4.24. The molecule has 5 nitrogen and oxygen atoms in total. The Kier molecular flexibility index (Phi) is 6.57. The summed E-state index contributed by atoms with van der Waals surface area (Å²) in [6, 6.07) is 25.4. The molecule has 0 heterocycles. The summed E-state index contributed by atoms with van der Waals surface area (Å²) < 4.78 is 23.6. The van der Waals surface area contributed by atoms with Gasteiger partial charge in [-0.25, -0.2) is 4.21 Å². The van der Waals surface area contributed by atoms with Gasteiger partial charge in [-0.05, 0) is 36.8 Å². The summed E-state index contributed by atoms with van der Waals surface area (Å²) in [5.74, 6) is -1.33. The summed E-state index contributed by atoms with van der Waals surface area (Å²) in [6.07, 6.45) is 0. The molecule has 1 amide bonds. The highest BCUT2D eigenvalue weighted by Crippen LogP contribution is 2.33. The van der Waals surface area contributed by atoms with Crippen LogP contribution in [0.1, 0.15) is 28.1 Å². The first-order chi connectivity index (χ1) is 14.1. The van der Waals surface area contributed by atoms with E-state index in [0.29, 0.717) is 16.0 Å². The molecular formula is C23H21NO4S. The van der Waals surface area contributed by atoms with E-state index >= 15 is 0 Å². The zero-order valence-corrected chi connectivity index (χ0v) is 16.7. The van der Waals surface area contributed by atoms with E-state index in [-0.39, 0.29) is 6.61 Å². The monoisotopic (exact) mass is 407 g/mol. The van der Waals surface area contributed by atoms with Gasteiger partial charge in [-0.15, -0.1) is 0 Å². The summed E-state index contributed by atoms with van der Waals surface area (Å²) in [7, 11) is -3.53. The average molecular weight is 407 g/mol. The summed E-state index contributed by atoms with van der Waals surface area (Å²) in [5, 5.41) is -1.24. The molecule has 0 aromatic heterocycles. The maximum Gasteiger partial charge on any atom is 0.327 e. The second kappa shape index (κ2) is 9.30. The van der Waals surface area contributed by atoms with Crippen LogP contribution >= 0.6 is 0 Å². The van der Waals surface area contributed by atoms with Crippen molar-refractivity contribution in [2.75, 3.05) is 6.61 Å². The maximum atomic E-state index is 14.3. The molecule has 29 heavy (non-hydrogen) atoms. The lowest BCUT2D eigenvalue weighted by Gasteiger charge is -2.21.